The predicted molar refractivity (Wildman–Crippen MR) is 55.6 cm³/mol. The molecule has 0 fully saturated rings. The summed E-state index contributed by atoms with van der Waals surface area (Å²) < 4.78 is 13.3. The Morgan fingerprint density at radius 3 is 2.57 bits per heavy atom. The SMILES string of the molecule is CC(O)C(C)Nc1c(N)cccc1F. The van der Waals surface area contributed by atoms with E-state index in [-0.39, 0.29) is 11.7 Å². The molecule has 2 unspecified atom stereocenters. The van der Waals surface area contributed by atoms with E-state index < -0.39 is 11.9 Å². The van der Waals surface area contributed by atoms with Gasteiger partial charge in [0.2, 0.25) is 0 Å². The monoisotopic (exact) mass is 198 g/mol. The lowest BCUT2D eigenvalue weighted by atomic mass is 10.2. The van der Waals surface area contributed by atoms with Crippen LogP contribution in [0.1, 0.15) is 13.8 Å². The van der Waals surface area contributed by atoms with Crippen molar-refractivity contribution in [1.29, 1.82) is 0 Å². The molecule has 0 spiro atoms. The van der Waals surface area contributed by atoms with Gasteiger partial charge in [-0.05, 0) is 26.0 Å². The van der Waals surface area contributed by atoms with Crippen LogP contribution < -0.4 is 11.1 Å². The molecular formula is C10H15FN2O. The van der Waals surface area contributed by atoms with Crippen molar-refractivity contribution in [3.63, 3.8) is 0 Å². The first-order chi connectivity index (χ1) is 6.52. The molecule has 4 N–H and O–H groups in total. The average Bonchev–Trinajstić information content (AvgIpc) is 2.11. The fourth-order valence-electron chi connectivity index (χ4n) is 1.04. The molecule has 14 heavy (non-hydrogen) atoms. The summed E-state index contributed by atoms with van der Waals surface area (Å²) in [5.41, 5.74) is 6.18. The minimum Gasteiger partial charge on any atom is -0.397 e. The fourth-order valence-corrected chi connectivity index (χ4v) is 1.04. The Hall–Kier alpha value is -1.29. The number of aliphatic hydroxyl groups is 1. The largest absolute Gasteiger partial charge is 0.397 e. The zero-order chi connectivity index (χ0) is 10.7. The van der Waals surface area contributed by atoms with E-state index in [9.17, 15) is 9.50 Å². The van der Waals surface area contributed by atoms with Crippen LogP contribution in [0, 0.1) is 5.82 Å². The number of para-hydroxylation sites is 1. The van der Waals surface area contributed by atoms with Gasteiger partial charge in [0.25, 0.3) is 0 Å². The molecule has 0 bridgehead atoms. The summed E-state index contributed by atoms with van der Waals surface area (Å²) in [6.07, 6.45) is -0.561. The number of halogens is 1. The van der Waals surface area contributed by atoms with Crippen molar-refractivity contribution in [1.82, 2.24) is 0 Å². The predicted octanol–water partition coefficient (Wildman–Crippen LogP) is 1.59. The molecule has 0 aromatic heterocycles. The summed E-state index contributed by atoms with van der Waals surface area (Å²) >= 11 is 0. The van der Waals surface area contributed by atoms with E-state index in [1.807, 2.05) is 0 Å². The van der Waals surface area contributed by atoms with Crippen LogP contribution in [0.5, 0.6) is 0 Å². The van der Waals surface area contributed by atoms with Gasteiger partial charge < -0.3 is 16.2 Å². The van der Waals surface area contributed by atoms with Gasteiger partial charge >= 0.3 is 0 Å². The number of hydrogen-bond acceptors (Lipinski definition) is 3. The minimum atomic E-state index is -0.561. The van der Waals surface area contributed by atoms with Gasteiger partial charge in [0.05, 0.1) is 17.5 Å². The number of hydrogen-bond donors (Lipinski definition) is 3. The number of nitrogens with two attached hydrogens (primary N) is 1. The van der Waals surface area contributed by atoms with Crippen molar-refractivity contribution in [2.24, 2.45) is 0 Å². The number of rotatable bonds is 3. The third-order valence-electron chi connectivity index (χ3n) is 2.14. The van der Waals surface area contributed by atoms with Gasteiger partial charge in [-0.3, -0.25) is 0 Å². The zero-order valence-electron chi connectivity index (χ0n) is 8.29. The van der Waals surface area contributed by atoms with Crippen LogP contribution in [0.15, 0.2) is 18.2 Å². The lowest BCUT2D eigenvalue weighted by molar-refractivity contribution is 0.178. The summed E-state index contributed by atoms with van der Waals surface area (Å²) in [4.78, 5) is 0. The van der Waals surface area contributed by atoms with Crippen LogP contribution in [0.25, 0.3) is 0 Å². The van der Waals surface area contributed by atoms with Gasteiger partial charge in [-0.25, -0.2) is 4.39 Å². The molecular weight excluding hydrogens is 183 g/mol. The third kappa shape index (κ3) is 2.35. The highest BCUT2D eigenvalue weighted by molar-refractivity contribution is 5.66. The molecule has 0 aliphatic carbocycles. The Morgan fingerprint density at radius 2 is 2.07 bits per heavy atom. The van der Waals surface area contributed by atoms with Gasteiger partial charge in [0.15, 0.2) is 0 Å². The van der Waals surface area contributed by atoms with E-state index >= 15 is 0 Å². The number of aliphatic hydroxyl groups excluding tert-OH is 1. The van der Waals surface area contributed by atoms with Gasteiger partial charge in [0.1, 0.15) is 5.82 Å². The molecule has 0 radical (unpaired) electrons. The van der Waals surface area contributed by atoms with Crippen LogP contribution in [0.4, 0.5) is 15.8 Å². The number of benzene rings is 1. The van der Waals surface area contributed by atoms with Crippen molar-refractivity contribution in [2.45, 2.75) is 26.0 Å². The van der Waals surface area contributed by atoms with E-state index in [1.54, 1.807) is 26.0 Å². The molecule has 1 aromatic carbocycles. The molecule has 0 heterocycles. The first kappa shape index (κ1) is 10.8. The Bertz CT molecular complexity index is 295. The number of nitrogen functional groups attached to an aromatic ring is 1. The normalized spacial score (nSPS) is 14.9. The highest BCUT2D eigenvalue weighted by Gasteiger charge is 2.12. The van der Waals surface area contributed by atoms with Gasteiger partial charge in [-0.15, -0.1) is 0 Å². The Balaban J connectivity index is 2.85. The van der Waals surface area contributed by atoms with Crippen LogP contribution in [0.3, 0.4) is 0 Å². The number of anilines is 2. The second kappa shape index (κ2) is 4.28. The Morgan fingerprint density at radius 1 is 1.43 bits per heavy atom. The van der Waals surface area contributed by atoms with E-state index in [0.717, 1.165) is 0 Å². The molecule has 1 aromatic rings. The quantitative estimate of drug-likeness (QED) is 0.646. The van der Waals surface area contributed by atoms with Crippen molar-refractivity contribution in [3.8, 4) is 0 Å². The van der Waals surface area contributed by atoms with Crippen LogP contribution >= 0.6 is 0 Å². The first-order valence-electron chi connectivity index (χ1n) is 4.51. The maximum atomic E-state index is 13.3. The molecule has 3 nitrogen and oxygen atoms in total. The van der Waals surface area contributed by atoms with Crippen molar-refractivity contribution >= 4 is 11.4 Å². The van der Waals surface area contributed by atoms with Crippen molar-refractivity contribution in [2.75, 3.05) is 11.1 Å². The zero-order valence-corrected chi connectivity index (χ0v) is 8.29. The highest BCUT2D eigenvalue weighted by atomic mass is 19.1. The summed E-state index contributed by atoms with van der Waals surface area (Å²) in [7, 11) is 0. The topological polar surface area (TPSA) is 58.3 Å². The minimum absolute atomic E-state index is 0.241. The lowest BCUT2D eigenvalue weighted by Gasteiger charge is -2.19. The third-order valence-corrected chi connectivity index (χ3v) is 2.14. The molecule has 0 saturated carbocycles. The smallest absolute Gasteiger partial charge is 0.148 e. The van der Waals surface area contributed by atoms with E-state index in [0.29, 0.717) is 5.69 Å². The second-order valence-electron chi connectivity index (χ2n) is 3.38. The van der Waals surface area contributed by atoms with Crippen LogP contribution in [-0.2, 0) is 0 Å². The Labute approximate surface area is 82.7 Å². The van der Waals surface area contributed by atoms with Crippen molar-refractivity contribution < 1.29 is 9.50 Å². The fraction of sp³-hybridized carbons (Fsp3) is 0.400. The van der Waals surface area contributed by atoms with Gasteiger partial charge in [-0.2, -0.15) is 0 Å². The molecule has 78 valence electrons. The molecule has 0 aliphatic rings. The molecule has 4 heteroatoms. The molecule has 0 amide bonds. The lowest BCUT2D eigenvalue weighted by Crippen LogP contribution is -2.28. The van der Waals surface area contributed by atoms with E-state index in [1.165, 1.54) is 6.07 Å². The average molecular weight is 198 g/mol. The number of nitrogens with one attached hydrogen (secondary N) is 1. The first-order valence-corrected chi connectivity index (χ1v) is 4.51. The molecule has 0 aliphatic heterocycles. The molecule has 1 rings (SSSR count). The highest BCUT2D eigenvalue weighted by Crippen LogP contribution is 2.22. The summed E-state index contributed by atoms with van der Waals surface area (Å²) in [6, 6.07) is 4.24. The molecule has 0 saturated heterocycles. The standard InChI is InChI=1S/C10H15FN2O/c1-6(7(2)14)13-10-8(11)4-3-5-9(10)12/h3-7,13-14H,12H2,1-2H3. The van der Waals surface area contributed by atoms with Crippen LogP contribution in [0.2, 0.25) is 0 Å². The van der Waals surface area contributed by atoms with Gasteiger partial charge in [-0.1, -0.05) is 6.07 Å². The van der Waals surface area contributed by atoms with E-state index in [2.05, 4.69) is 5.32 Å². The summed E-state index contributed by atoms with van der Waals surface area (Å²) in [6.45, 7) is 3.39. The summed E-state index contributed by atoms with van der Waals surface area (Å²) in [5.74, 6) is -0.405. The summed E-state index contributed by atoms with van der Waals surface area (Å²) in [5, 5.41) is 12.1. The van der Waals surface area contributed by atoms with Crippen molar-refractivity contribution in [3.05, 3.63) is 24.0 Å². The maximum Gasteiger partial charge on any atom is 0.148 e. The van der Waals surface area contributed by atoms with E-state index in [4.69, 9.17) is 5.73 Å². The Kier molecular flexibility index (Phi) is 3.30. The van der Waals surface area contributed by atoms with Crippen LogP contribution in [-0.4, -0.2) is 17.3 Å². The molecule has 2 atom stereocenters. The van der Waals surface area contributed by atoms with Gasteiger partial charge in [0, 0.05) is 6.04 Å². The maximum absolute atomic E-state index is 13.3. The second-order valence-corrected chi connectivity index (χ2v) is 3.38.